The molecule has 1 N–H and O–H groups in total. The van der Waals surface area contributed by atoms with Gasteiger partial charge in [-0.3, -0.25) is 4.79 Å². The van der Waals surface area contributed by atoms with E-state index in [2.05, 4.69) is 5.32 Å². The number of nitrogens with zero attached hydrogens (tertiary/aromatic N) is 2. The first-order chi connectivity index (χ1) is 17.6. The van der Waals surface area contributed by atoms with Crippen LogP contribution in [0, 0.1) is 0 Å². The summed E-state index contributed by atoms with van der Waals surface area (Å²) in [6, 6.07) is 12.4. The van der Waals surface area contributed by atoms with E-state index >= 15 is 0 Å². The van der Waals surface area contributed by atoms with Gasteiger partial charge in [0.15, 0.2) is 0 Å². The number of rotatable bonds is 10. The predicted octanol–water partition coefficient (Wildman–Crippen LogP) is 3.65. The molecule has 2 aliphatic rings. The lowest BCUT2D eigenvalue weighted by Crippen LogP contribution is -2.54. The Hall–Kier alpha value is -2.47. The molecule has 2 aromatic carbocycles. The number of likely N-dealkylation sites (N-methyl/N-ethyl adjacent to an activating group) is 1. The summed E-state index contributed by atoms with van der Waals surface area (Å²) in [5.74, 6) is -0.118. The number of benzene rings is 2. The van der Waals surface area contributed by atoms with Gasteiger partial charge in [-0.15, -0.1) is 0 Å². The number of hydrogen-bond donors (Lipinski definition) is 1. The Labute approximate surface area is 215 Å². The molecule has 202 valence electrons. The van der Waals surface area contributed by atoms with Crippen LogP contribution >= 0.6 is 0 Å². The molecule has 0 bridgehead atoms. The highest BCUT2D eigenvalue weighted by Gasteiger charge is 2.44. The quantitative estimate of drug-likeness (QED) is 0.499. The van der Waals surface area contributed by atoms with E-state index in [1.54, 1.807) is 11.9 Å². The summed E-state index contributed by atoms with van der Waals surface area (Å²) in [5, 5.41) is 3.00. The van der Waals surface area contributed by atoms with Crippen molar-refractivity contribution in [2.75, 3.05) is 26.7 Å². The average Bonchev–Trinajstić information content (AvgIpc) is 3.72. The second-order valence-corrected chi connectivity index (χ2v) is 11.3. The molecule has 1 saturated carbocycles. The SMILES string of the molecule is CN[C@@H](COCc1ccccc1)C(=O)N1CCC(N(C2CC2)S(=O)(=O)c2cccc(C(F)(F)F)c2)CC1. The number of alkyl halides is 3. The molecule has 7 nitrogen and oxygen atoms in total. The lowest BCUT2D eigenvalue weighted by molar-refractivity contribution is -0.138. The number of piperidine rings is 1. The van der Waals surface area contributed by atoms with Gasteiger partial charge in [0, 0.05) is 25.2 Å². The smallest absolute Gasteiger partial charge is 0.375 e. The van der Waals surface area contributed by atoms with Crippen LogP contribution in [0.3, 0.4) is 0 Å². The van der Waals surface area contributed by atoms with Crippen LogP contribution in [0.1, 0.15) is 36.8 Å². The van der Waals surface area contributed by atoms with Crippen molar-refractivity contribution < 1.29 is 31.1 Å². The summed E-state index contributed by atoms with van der Waals surface area (Å²) in [6.45, 7) is 1.31. The van der Waals surface area contributed by atoms with E-state index in [4.69, 9.17) is 4.74 Å². The number of carbonyl (C=O) groups excluding carboxylic acids is 1. The van der Waals surface area contributed by atoms with Gasteiger partial charge in [-0.2, -0.15) is 17.5 Å². The van der Waals surface area contributed by atoms with Crippen LogP contribution in [0.2, 0.25) is 0 Å². The third-order valence-corrected chi connectivity index (χ3v) is 8.82. The fraction of sp³-hybridized carbons (Fsp3) is 0.500. The van der Waals surface area contributed by atoms with E-state index < -0.39 is 27.8 Å². The Morgan fingerprint density at radius 3 is 2.30 bits per heavy atom. The van der Waals surface area contributed by atoms with E-state index in [9.17, 15) is 26.4 Å². The Balaban J connectivity index is 1.38. The second-order valence-electron chi connectivity index (χ2n) is 9.49. The molecule has 1 atom stereocenters. The summed E-state index contributed by atoms with van der Waals surface area (Å²) in [7, 11) is -2.43. The second kappa shape index (κ2) is 11.5. The fourth-order valence-corrected chi connectivity index (χ4v) is 6.66. The third-order valence-electron chi connectivity index (χ3n) is 6.82. The topological polar surface area (TPSA) is 79.0 Å². The minimum absolute atomic E-state index is 0.118. The standard InChI is InChI=1S/C26H32F3N3O4S/c1-30-24(18-36-17-19-6-3-2-4-7-19)25(33)31-14-12-22(13-15-31)32(21-10-11-21)37(34,35)23-9-5-8-20(16-23)26(27,28)29/h2-9,16,21-22,24,30H,10-15,17-18H2,1H3/t24-/m0/s1. The minimum Gasteiger partial charge on any atom is -0.375 e. The number of ether oxygens (including phenoxy) is 1. The first kappa shape index (κ1) is 27.6. The van der Waals surface area contributed by atoms with Crippen LogP contribution in [0.5, 0.6) is 0 Å². The van der Waals surface area contributed by atoms with Gasteiger partial charge in [0.1, 0.15) is 6.04 Å². The summed E-state index contributed by atoms with van der Waals surface area (Å²) >= 11 is 0. The van der Waals surface area contributed by atoms with Crippen molar-refractivity contribution in [1.29, 1.82) is 0 Å². The van der Waals surface area contributed by atoms with E-state index in [1.807, 2.05) is 30.3 Å². The van der Waals surface area contributed by atoms with E-state index in [1.165, 1.54) is 10.4 Å². The third kappa shape index (κ3) is 6.70. The van der Waals surface area contributed by atoms with Crippen LogP contribution in [0.4, 0.5) is 13.2 Å². The van der Waals surface area contributed by atoms with Crippen molar-refractivity contribution in [2.45, 2.75) is 61.5 Å². The number of halogens is 3. The molecule has 1 aliphatic heterocycles. The summed E-state index contributed by atoms with van der Waals surface area (Å²) < 4.78 is 73.6. The zero-order chi connectivity index (χ0) is 26.6. The molecule has 0 spiro atoms. The Bertz CT molecular complexity index is 1170. The van der Waals surface area contributed by atoms with Crippen LogP contribution in [-0.4, -0.2) is 68.4 Å². The normalized spacial score (nSPS) is 18.2. The highest BCUT2D eigenvalue weighted by atomic mass is 32.2. The molecular formula is C26H32F3N3O4S. The van der Waals surface area contributed by atoms with Crippen molar-refractivity contribution in [1.82, 2.24) is 14.5 Å². The number of nitrogens with one attached hydrogen (secondary N) is 1. The number of sulfonamides is 1. The van der Waals surface area contributed by atoms with Gasteiger partial charge in [0.2, 0.25) is 15.9 Å². The van der Waals surface area contributed by atoms with Gasteiger partial charge in [0.25, 0.3) is 0 Å². The van der Waals surface area contributed by atoms with Crippen molar-refractivity contribution in [2.24, 2.45) is 0 Å². The van der Waals surface area contributed by atoms with Crippen LogP contribution in [0.15, 0.2) is 59.5 Å². The number of likely N-dealkylation sites (tertiary alicyclic amines) is 1. The molecule has 2 aromatic rings. The molecule has 1 aliphatic carbocycles. The minimum atomic E-state index is -4.63. The monoisotopic (exact) mass is 539 g/mol. The Morgan fingerprint density at radius 2 is 1.70 bits per heavy atom. The van der Waals surface area contributed by atoms with Gasteiger partial charge in [-0.1, -0.05) is 36.4 Å². The number of amides is 1. The first-order valence-corrected chi connectivity index (χ1v) is 13.8. The largest absolute Gasteiger partial charge is 0.416 e. The maximum Gasteiger partial charge on any atom is 0.416 e. The Morgan fingerprint density at radius 1 is 1.05 bits per heavy atom. The average molecular weight is 540 g/mol. The molecule has 0 aromatic heterocycles. The van der Waals surface area contributed by atoms with Gasteiger partial charge in [0.05, 0.1) is 23.7 Å². The summed E-state index contributed by atoms with van der Waals surface area (Å²) in [6.07, 6.45) is -2.43. The summed E-state index contributed by atoms with van der Waals surface area (Å²) in [5.41, 5.74) is 0.0186. The van der Waals surface area contributed by atoms with Gasteiger partial charge in [-0.25, -0.2) is 8.42 Å². The maximum atomic E-state index is 13.4. The first-order valence-electron chi connectivity index (χ1n) is 12.4. The molecule has 37 heavy (non-hydrogen) atoms. The lowest BCUT2D eigenvalue weighted by Gasteiger charge is -2.39. The molecule has 0 unspecified atom stereocenters. The van der Waals surface area contributed by atoms with E-state index in [0.29, 0.717) is 51.4 Å². The molecule has 1 heterocycles. The molecule has 2 fully saturated rings. The van der Waals surface area contributed by atoms with Gasteiger partial charge >= 0.3 is 6.18 Å². The highest BCUT2D eigenvalue weighted by molar-refractivity contribution is 7.89. The molecule has 1 saturated heterocycles. The van der Waals surface area contributed by atoms with Crippen molar-refractivity contribution in [3.8, 4) is 0 Å². The number of carbonyl (C=O) groups is 1. The fourth-order valence-electron chi connectivity index (χ4n) is 4.68. The molecule has 11 heteroatoms. The van der Waals surface area contributed by atoms with Crippen molar-refractivity contribution in [3.05, 3.63) is 65.7 Å². The predicted molar refractivity (Wildman–Crippen MR) is 132 cm³/mol. The van der Waals surface area contributed by atoms with Crippen molar-refractivity contribution in [3.63, 3.8) is 0 Å². The van der Waals surface area contributed by atoms with Crippen LogP contribution in [-0.2, 0) is 32.3 Å². The lowest BCUT2D eigenvalue weighted by atomic mass is 10.0. The maximum absolute atomic E-state index is 13.4. The highest BCUT2D eigenvalue weighted by Crippen LogP contribution is 2.38. The van der Waals surface area contributed by atoms with E-state index in [-0.39, 0.29) is 29.5 Å². The molecular weight excluding hydrogens is 507 g/mol. The molecule has 1 amide bonds. The zero-order valence-electron chi connectivity index (χ0n) is 20.7. The van der Waals surface area contributed by atoms with Gasteiger partial charge in [-0.05, 0) is 56.5 Å². The van der Waals surface area contributed by atoms with E-state index in [0.717, 1.165) is 17.7 Å². The van der Waals surface area contributed by atoms with Crippen LogP contribution in [0.25, 0.3) is 0 Å². The molecule has 4 rings (SSSR count). The zero-order valence-corrected chi connectivity index (χ0v) is 21.5. The summed E-state index contributed by atoms with van der Waals surface area (Å²) in [4.78, 5) is 14.4. The van der Waals surface area contributed by atoms with Crippen molar-refractivity contribution >= 4 is 15.9 Å². The Kier molecular flexibility index (Phi) is 8.57. The molecule has 0 radical (unpaired) electrons. The van der Waals surface area contributed by atoms with Gasteiger partial charge < -0.3 is 15.0 Å². The number of hydrogen-bond acceptors (Lipinski definition) is 5. The van der Waals surface area contributed by atoms with Crippen LogP contribution < -0.4 is 5.32 Å².